The molecule has 1 amide bonds. The van der Waals surface area contributed by atoms with Crippen LogP contribution in [0.1, 0.15) is 5.56 Å². The summed E-state index contributed by atoms with van der Waals surface area (Å²) >= 11 is 0. The first-order chi connectivity index (χ1) is 11.0. The zero-order valence-electron chi connectivity index (χ0n) is 11.9. The van der Waals surface area contributed by atoms with Crippen molar-refractivity contribution < 1.29 is 17.6 Å². The molecule has 0 saturated carbocycles. The van der Waals surface area contributed by atoms with Crippen LogP contribution in [-0.2, 0) is 14.8 Å². The van der Waals surface area contributed by atoms with E-state index in [0.717, 1.165) is 6.21 Å². The first-order valence-corrected chi connectivity index (χ1v) is 8.08. The zero-order chi connectivity index (χ0) is 16.7. The van der Waals surface area contributed by atoms with Crippen molar-refractivity contribution in [3.8, 4) is 0 Å². The monoisotopic (exact) mass is 335 g/mol. The van der Waals surface area contributed by atoms with Crippen molar-refractivity contribution in [1.82, 2.24) is 10.1 Å². The molecule has 0 spiro atoms. The summed E-state index contributed by atoms with van der Waals surface area (Å²) in [6.07, 6.45) is 1.14. The highest BCUT2D eigenvalue weighted by atomic mass is 32.2. The third-order valence-electron chi connectivity index (χ3n) is 2.77. The van der Waals surface area contributed by atoms with Gasteiger partial charge in [0.05, 0.1) is 17.7 Å². The number of hydrogen-bond acceptors (Lipinski definition) is 4. The van der Waals surface area contributed by atoms with Crippen molar-refractivity contribution >= 4 is 22.1 Å². The molecule has 6 nitrogen and oxygen atoms in total. The fourth-order valence-corrected chi connectivity index (χ4v) is 2.64. The minimum absolute atomic E-state index is 0.0580. The first kappa shape index (κ1) is 16.8. The normalized spacial score (nSPS) is 11.5. The van der Waals surface area contributed by atoms with Gasteiger partial charge in [-0.15, -0.1) is 0 Å². The maximum absolute atomic E-state index is 13.3. The minimum atomic E-state index is -3.76. The van der Waals surface area contributed by atoms with E-state index in [0.29, 0.717) is 0 Å². The Morgan fingerprint density at radius 2 is 1.74 bits per heavy atom. The smallest absolute Gasteiger partial charge is 0.255 e. The van der Waals surface area contributed by atoms with Crippen LogP contribution in [0.2, 0.25) is 0 Å². The molecule has 0 bridgehead atoms. The van der Waals surface area contributed by atoms with Gasteiger partial charge < -0.3 is 0 Å². The van der Waals surface area contributed by atoms with E-state index in [2.05, 4.69) is 15.2 Å². The maximum atomic E-state index is 13.3. The molecule has 2 aromatic carbocycles. The average Bonchev–Trinajstić information content (AvgIpc) is 2.56. The van der Waals surface area contributed by atoms with Crippen molar-refractivity contribution in [2.24, 2.45) is 5.10 Å². The van der Waals surface area contributed by atoms with Crippen LogP contribution >= 0.6 is 0 Å². The number of amides is 1. The number of nitrogens with one attached hydrogen (secondary N) is 2. The highest BCUT2D eigenvalue weighted by molar-refractivity contribution is 7.89. The highest BCUT2D eigenvalue weighted by Crippen LogP contribution is 2.06. The summed E-state index contributed by atoms with van der Waals surface area (Å²) in [6.45, 7) is -0.480. The molecule has 0 heterocycles. The topological polar surface area (TPSA) is 87.6 Å². The van der Waals surface area contributed by atoms with Crippen LogP contribution in [0, 0.1) is 5.82 Å². The Morgan fingerprint density at radius 1 is 1.09 bits per heavy atom. The second-order valence-electron chi connectivity index (χ2n) is 4.45. The molecule has 0 unspecified atom stereocenters. The number of rotatable bonds is 6. The predicted octanol–water partition coefficient (Wildman–Crippen LogP) is 1.25. The molecule has 2 N–H and O–H groups in total. The third kappa shape index (κ3) is 4.97. The van der Waals surface area contributed by atoms with Crippen LogP contribution in [-0.4, -0.2) is 27.1 Å². The second kappa shape index (κ2) is 7.61. The number of halogens is 1. The molecule has 0 atom stereocenters. The maximum Gasteiger partial charge on any atom is 0.255 e. The summed E-state index contributed by atoms with van der Waals surface area (Å²) < 4.78 is 39.3. The van der Waals surface area contributed by atoms with Crippen molar-refractivity contribution in [1.29, 1.82) is 0 Å². The molecule has 2 rings (SSSR count). The number of hydrazone groups is 1. The number of hydrogen-bond donors (Lipinski definition) is 2. The van der Waals surface area contributed by atoms with Gasteiger partial charge in [-0.1, -0.05) is 36.4 Å². The summed E-state index contributed by atoms with van der Waals surface area (Å²) in [5, 5.41) is 3.58. The van der Waals surface area contributed by atoms with Gasteiger partial charge in [-0.05, 0) is 18.2 Å². The predicted molar refractivity (Wildman–Crippen MR) is 83.8 cm³/mol. The molecule has 0 fully saturated rings. The van der Waals surface area contributed by atoms with Crippen LogP contribution in [0.15, 0.2) is 64.6 Å². The van der Waals surface area contributed by atoms with E-state index < -0.39 is 28.3 Å². The molecule has 120 valence electrons. The zero-order valence-corrected chi connectivity index (χ0v) is 12.8. The summed E-state index contributed by atoms with van der Waals surface area (Å²) in [5.74, 6) is -1.15. The third-order valence-corrected chi connectivity index (χ3v) is 4.19. The lowest BCUT2D eigenvalue weighted by Gasteiger charge is -2.05. The quantitative estimate of drug-likeness (QED) is 0.615. The first-order valence-electron chi connectivity index (χ1n) is 6.60. The van der Waals surface area contributed by atoms with Gasteiger partial charge in [0.15, 0.2) is 0 Å². The Balaban J connectivity index is 1.87. The van der Waals surface area contributed by atoms with Gasteiger partial charge in [0, 0.05) is 5.56 Å². The fraction of sp³-hybridized carbons (Fsp3) is 0.0667. The van der Waals surface area contributed by atoms with Gasteiger partial charge in [-0.25, -0.2) is 23.0 Å². The van der Waals surface area contributed by atoms with Gasteiger partial charge >= 0.3 is 0 Å². The van der Waals surface area contributed by atoms with Crippen LogP contribution < -0.4 is 10.1 Å². The Hall–Kier alpha value is -2.58. The van der Waals surface area contributed by atoms with Crippen LogP contribution in [0.4, 0.5) is 4.39 Å². The number of benzene rings is 2. The molecule has 23 heavy (non-hydrogen) atoms. The molecular weight excluding hydrogens is 321 g/mol. The van der Waals surface area contributed by atoms with Crippen molar-refractivity contribution in [2.75, 3.05) is 6.54 Å². The van der Waals surface area contributed by atoms with Crippen LogP contribution in [0.5, 0.6) is 0 Å². The molecule has 8 heteroatoms. The number of carbonyl (C=O) groups is 1. The van der Waals surface area contributed by atoms with E-state index >= 15 is 0 Å². The summed E-state index contributed by atoms with van der Waals surface area (Å²) in [6, 6.07) is 13.6. The van der Waals surface area contributed by atoms with Gasteiger partial charge in [-0.2, -0.15) is 5.10 Å². The van der Waals surface area contributed by atoms with E-state index in [1.807, 2.05) is 0 Å². The molecular formula is C15H14FN3O3S. The largest absolute Gasteiger partial charge is 0.272 e. The van der Waals surface area contributed by atoms with Gasteiger partial charge in [0.1, 0.15) is 5.82 Å². The SMILES string of the molecule is O=C(CNS(=O)(=O)c1ccccc1)N/N=C\c1ccccc1F. The number of carbonyl (C=O) groups excluding carboxylic acids is 1. The Bertz CT molecular complexity index is 808. The van der Waals surface area contributed by atoms with Crippen molar-refractivity contribution in [2.45, 2.75) is 4.90 Å². The van der Waals surface area contributed by atoms with Crippen molar-refractivity contribution in [3.05, 3.63) is 66.0 Å². The Kier molecular flexibility index (Phi) is 5.56. The lowest BCUT2D eigenvalue weighted by atomic mass is 10.2. The fourth-order valence-electron chi connectivity index (χ4n) is 1.64. The number of nitrogens with zero attached hydrogens (tertiary/aromatic N) is 1. The highest BCUT2D eigenvalue weighted by Gasteiger charge is 2.14. The standard InChI is InChI=1S/C15H14FN3O3S/c16-14-9-5-4-6-12(14)10-17-19-15(20)11-18-23(21,22)13-7-2-1-3-8-13/h1-10,18H,11H2,(H,19,20)/b17-10-. The molecule has 0 aliphatic heterocycles. The average molecular weight is 335 g/mol. The summed E-state index contributed by atoms with van der Waals surface area (Å²) in [4.78, 5) is 11.6. The van der Waals surface area contributed by atoms with Crippen LogP contribution in [0.3, 0.4) is 0 Å². The molecule has 0 aliphatic rings. The minimum Gasteiger partial charge on any atom is -0.272 e. The van der Waals surface area contributed by atoms with E-state index in [1.165, 1.54) is 30.3 Å². The van der Waals surface area contributed by atoms with Gasteiger partial charge in [-0.3, -0.25) is 4.79 Å². The van der Waals surface area contributed by atoms with Gasteiger partial charge in [0.2, 0.25) is 10.0 Å². The molecule has 0 aromatic heterocycles. The molecule has 0 radical (unpaired) electrons. The molecule has 2 aromatic rings. The van der Waals surface area contributed by atoms with Gasteiger partial charge in [0.25, 0.3) is 5.91 Å². The lowest BCUT2D eigenvalue weighted by Crippen LogP contribution is -2.34. The van der Waals surface area contributed by atoms with E-state index in [-0.39, 0.29) is 10.5 Å². The lowest BCUT2D eigenvalue weighted by molar-refractivity contribution is -0.119. The summed E-state index contributed by atoms with van der Waals surface area (Å²) in [5.41, 5.74) is 2.33. The number of sulfonamides is 1. The van der Waals surface area contributed by atoms with E-state index in [1.54, 1.807) is 24.3 Å². The second-order valence-corrected chi connectivity index (χ2v) is 6.22. The van der Waals surface area contributed by atoms with E-state index in [4.69, 9.17) is 0 Å². The Morgan fingerprint density at radius 3 is 2.43 bits per heavy atom. The molecule has 0 saturated heterocycles. The van der Waals surface area contributed by atoms with Crippen molar-refractivity contribution in [3.63, 3.8) is 0 Å². The molecule has 0 aliphatic carbocycles. The summed E-state index contributed by atoms with van der Waals surface area (Å²) in [7, 11) is -3.76. The van der Waals surface area contributed by atoms with Crippen LogP contribution in [0.25, 0.3) is 0 Å². The van der Waals surface area contributed by atoms with E-state index in [9.17, 15) is 17.6 Å². The Labute approximate surface area is 133 Å².